The van der Waals surface area contributed by atoms with Crippen LogP contribution in [0.2, 0.25) is 0 Å². The van der Waals surface area contributed by atoms with Crippen molar-refractivity contribution in [3.05, 3.63) is 59.4 Å². The summed E-state index contributed by atoms with van der Waals surface area (Å²) in [4.78, 5) is 4.49. The Bertz CT molecular complexity index is 537. The first-order valence-electron chi connectivity index (χ1n) is 7.02. The number of aromatic nitrogens is 1. The second-order valence-corrected chi connectivity index (χ2v) is 4.89. The predicted molar refractivity (Wildman–Crippen MR) is 82.1 cm³/mol. The standard InChI is InChI=1S/C17H22N2O/c1-4-18-15(12-14-9-7-13(2)8-10-14)17-16(20-3)6-5-11-19-17/h5-11,15,18H,4,12H2,1-3H3. The first kappa shape index (κ1) is 14.5. The summed E-state index contributed by atoms with van der Waals surface area (Å²) in [5.74, 6) is 0.838. The first-order chi connectivity index (χ1) is 9.74. The number of hydrogen-bond acceptors (Lipinski definition) is 3. The summed E-state index contributed by atoms with van der Waals surface area (Å²) in [7, 11) is 1.69. The molecule has 106 valence electrons. The van der Waals surface area contributed by atoms with Crippen LogP contribution in [0.4, 0.5) is 0 Å². The molecule has 3 heteroatoms. The van der Waals surface area contributed by atoms with Crippen molar-refractivity contribution in [2.24, 2.45) is 0 Å². The molecule has 0 saturated carbocycles. The van der Waals surface area contributed by atoms with E-state index >= 15 is 0 Å². The number of pyridine rings is 1. The Morgan fingerprint density at radius 3 is 2.60 bits per heavy atom. The lowest BCUT2D eigenvalue weighted by atomic mass is 10.0. The van der Waals surface area contributed by atoms with Gasteiger partial charge in [0.05, 0.1) is 18.8 Å². The molecule has 0 bridgehead atoms. The van der Waals surface area contributed by atoms with Crippen LogP contribution in [-0.2, 0) is 6.42 Å². The maximum atomic E-state index is 5.43. The molecule has 0 fully saturated rings. The highest BCUT2D eigenvalue weighted by molar-refractivity contribution is 5.31. The van der Waals surface area contributed by atoms with Crippen molar-refractivity contribution in [2.75, 3.05) is 13.7 Å². The summed E-state index contributed by atoms with van der Waals surface area (Å²) < 4.78 is 5.43. The van der Waals surface area contributed by atoms with E-state index in [1.807, 2.05) is 18.3 Å². The van der Waals surface area contributed by atoms with Gasteiger partial charge in [0, 0.05) is 6.20 Å². The van der Waals surface area contributed by atoms with Gasteiger partial charge in [-0.1, -0.05) is 36.8 Å². The molecule has 0 spiro atoms. The van der Waals surface area contributed by atoms with Crippen LogP contribution in [0.1, 0.15) is 29.8 Å². The molecule has 1 aromatic carbocycles. The molecule has 0 radical (unpaired) electrons. The van der Waals surface area contributed by atoms with E-state index in [9.17, 15) is 0 Å². The molecular formula is C17H22N2O. The number of aryl methyl sites for hydroxylation is 1. The Kier molecular flexibility index (Phi) is 5.13. The van der Waals surface area contributed by atoms with Crippen LogP contribution in [0.3, 0.4) is 0 Å². The Hall–Kier alpha value is -1.87. The van der Waals surface area contributed by atoms with Gasteiger partial charge >= 0.3 is 0 Å². The van der Waals surface area contributed by atoms with E-state index in [0.29, 0.717) is 0 Å². The summed E-state index contributed by atoms with van der Waals surface area (Å²) in [6.07, 6.45) is 2.72. The first-order valence-corrected chi connectivity index (χ1v) is 7.02. The smallest absolute Gasteiger partial charge is 0.141 e. The maximum absolute atomic E-state index is 5.43. The van der Waals surface area contributed by atoms with Crippen LogP contribution in [0.25, 0.3) is 0 Å². The highest BCUT2D eigenvalue weighted by atomic mass is 16.5. The fourth-order valence-electron chi connectivity index (χ4n) is 2.31. The van der Waals surface area contributed by atoms with Gasteiger partial charge < -0.3 is 10.1 Å². The number of nitrogens with zero attached hydrogens (tertiary/aromatic N) is 1. The molecule has 1 aromatic heterocycles. The fourth-order valence-corrected chi connectivity index (χ4v) is 2.31. The van der Waals surface area contributed by atoms with Crippen LogP contribution in [-0.4, -0.2) is 18.6 Å². The van der Waals surface area contributed by atoms with Gasteiger partial charge in [-0.3, -0.25) is 4.98 Å². The Labute approximate surface area is 121 Å². The van der Waals surface area contributed by atoms with Crippen molar-refractivity contribution in [3.63, 3.8) is 0 Å². The summed E-state index contributed by atoms with van der Waals surface area (Å²) in [6, 6.07) is 12.7. The molecule has 2 rings (SSSR count). The molecule has 0 aliphatic carbocycles. The zero-order valence-corrected chi connectivity index (χ0v) is 12.4. The summed E-state index contributed by atoms with van der Waals surface area (Å²) in [5, 5.41) is 3.49. The van der Waals surface area contributed by atoms with Gasteiger partial charge in [-0.25, -0.2) is 0 Å². The lowest BCUT2D eigenvalue weighted by Gasteiger charge is -2.19. The maximum Gasteiger partial charge on any atom is 0.141 e. The molecule has 1 N–H and O–H groups in total. The SMILES string of the molecule is CCNC(Cc1ccc(C)cc1)c1ncccc1OC. The largest absolute Gasteiger partial charge is 0.495 e. The Morgan fingerprint density at radius 1 is 1.20 bits per heavy atom. The van der Waals surface area contributed by atoms with E-state index in [2.05, 4.69) is 48.4 Å². The third kappa shape index (κ3) is 3.58. The summed E-state index contributed by atoms with van der Waals surface area (Å²) >= 11 is 0. The molecule has 0 saturated heterocycles. The predicted octanol–water partition coefficient (Wildman–Crippen LogP) is 3.29. The lowest BCUT2D eigenvalue weighted by molar-refractivity contribution is 0.394. The fraction of sp³-hybridized carbons (Fsp3) is 0.353. The average Bonchev–Trinajstić information content (AvgIpc) is 2.49. The number of methoxy groups -OCH3 is 1. The molecule has 1 unspecified atom stereocenters. The number of hydrogen-bond donors (Lipinski definition) is 1. The van der Waals surface area contributed by atoms with Crippen molar-refractivity contribution in [2.45, 2.75) is 26.3 Å². The van der Waals surface area contributed by atoms with E-state index in [4.69, 9.17) is 4.74 Å². The van der Waals surface area contributed by atoms with Gasteiger partial charge in [-0.05, 0) is 37.6 Å². The van der Waals surface area contributed by atoms with Crippen LogP contribution in [0.5, 0.6) is 5.75 Å². The van der Waals surface area contributed by atoms with Gasteiger partial charge in [0.1, 0.15) is 5.75 Å². The molecule has 0 aliphatic rings. The van der Waals surface area contributed by atoms with Gasteiger partial charge in [-0.15, -0.1) is 0 Å². The van der Waals surface area contributed by atoms with Crippen LogP contribution in [0.15, 0.2) is 42.6 Å². The highest BCUT2D eigenvalue weighted by Gasteiger charge is 2.16. The minimum absolute atomic E-state index is 0.166. The monoisotopic (exact) mass is 270 g/mol. The van der Waals surface area contributed by atoms with E-state index in [-0.39, 0.29) is 6.04 Å². The van der Waals surface area contributed by atoms with Crippen molar-refractivity contribution < 1.29 is 4.74 Å². The summed E-state index contributed by atoms with van der Waals surface area (Å²) in [6.45, 7) is 5.11. The lowest BCUT2D eigenvalue weighted by Crippen LogP contribution is -2.24. The van der Waals surface area contributed by atoms with E-state index in [1.54, 1.807) is 7.11 Å². The van der Waals surface area contributed by atoms with Crippen LogP contribution in [0, 0.1) is 6.92 Å². The van der Waals surface area contributed by atoms with E-state index < -0.39 is 0 Å². The van der Waals surface area contributed by atoms with Crippen molar-refractivity contribution in [1.29, 1.82) is 0 Å². The van der Waals surface area contributed by atoms with E-state index in [1.165, 1.54) is 11.1 Å². The molecule has 2 aromatic rings. The molecule has 0 amide bonds. The Morgan fingerprint density at radius 2 is 1.95 bits per heavy atom. The van der Waals surface area contributed by atoms with Gasteiger partial charge in [0.25, 0.3) is 0 Å². The zero-order chi connectivity index (χ0) is 14.4. The molecule has 3 nitrogen and oxygen atoms in total. The number of rotatable bonds is 6. The molecule has 1 heterocycles. The number of likely N-dealkylation sites (N-methyl/N-ethyl adjacent to an activating group) is 1. The average molecular weight is 270 g/mol. The van der Waals surface area contributed by atoms with Gasteiger partial charge in [0.2, 0.25) is 0 Å². The second kappa shape index (κ2) is 7.06. The molecular weight excluding hydrogens is 248 g/mol. The third-order valence-corrected chi connectivity index (χ3v) is 3.36. The van der Waals surface area contributed by atoms with E-state index in [0.717, 1.165) is 24.4 Å². The molecule has 0 aliphatic heterocycles. The topological polar surface area (TPSA) is 34.2 Å². The summed E-state index contributed by atoms with van der Waals surface area (Å²) in [5.41, 5.74) is 3.55. The molecule has 20 heavy (non-hydrogen) atoms. The van der Waals surface area contributed by atoms with Gasteiger partial charge in [-0.2, -0.15) is 0 Å². The second-order valence-electron chi connectivity index (χ2n) is 4.89. The minimum atomic E-state index is 0.166. The van der Waals surface area contributed by atoms with Crippen molar-refractivity contribution in [1.82, 2.24) is 10.3 Å². The zero-order valence-electron chi connectivity index (χ0n) is 12.4. The van der Waals surface area contributed by atoms with Crippen molar-refractivity contribution >= 4 is 0 Å². The Balaban J connectivity index is 2.24. The number of ether oxygens (including phenoxy) is 1. The number of nitrogens with one attached hydrogen (secondary N) is 1. The highest BCUT2D eigenvalue weighted by Crippen LogP contribution is 2.25. The van der Waals surface area contributed by atoms with Crippen LogP contribution < -0.4 is 10.1 Å². The minimum Gasteiger partial charge on any atom is -0.495 e. The van der Waals surface area contributed by atoms with Crippen molar-refractivity contribution in [3.8, 4) is 5.75 Å². The van der Waals surface area contributed by atoms with Crippen LogP contribution >= 0.6 is 0 Å². The quantitative estimate of drug-likeness (QED) is 0.874. The van der Waals surface area contributed by atoms with Gasteiger partial charge in [0.15, 0.2) is 0 Å². The molecule has 1 atom stereocenters. The number of benzene rings is 1. The normalized spacial score (nSPS) is 12.2. The third-order valence-electron chi connectivity index (χ3n) is 3.36.